The van der Waals surface area contributed by atoms with Gasteiger partial charge in [0.25, 0.3) is 0 Å². The van der Waals surface area contributed by atoms with Gasteiger partial charge in [0.15, 0.2) is 0 Å². The second kappa shape index (κ2) is 14.8. The third kappa shape index (κ3) is 8.79. The van der Waals surface area contributed by atoms with Gasteiger partial charge in [-0.2, -0.15) is 13.2 Å². The summed E-state index contributed by atoms with van der Waals surface area (Å²) in [6.45, 7) is 1.06. The van der Waals surface area contributed by atoms with Gasteiger partial charge in [-0.15, -0.1) is 0 Å². The fourth-order valence-electron chi connectivity index (χ4n) is 4.77. The number of carbonyl (C=O) groups is 2. The van der Waals surface area contributed by atoms with Crippen molar-refractivity contribution in [3.8, 4) is 11.5 Å². The highest BCUT2D eigenvalue weighted by Crippen LogP contribution is 2.39. The number of halogens is 4. The molecule has 0 amide bonds. The van der Waals surface area contributed by atoms with Crippen LogP contribution in [0.3, 0.4) is 0 Å². The summed E-state index contributed by atoms with van der Waals surface area (Å²) in [7, 11) is 0. The number of hydrogen-bond acceptors (Lipinski definition) is 4. The zero-order valence-electron chi connectivity index (χ0n) is 23.6. The molecule has 7 nitrogen and oxygen atoms in total. The lowest BCUT2D eigenvalue weighted by molar-refractivity contribution is -0.138. The molecule has 0 aliphatic rings. The van der Waals surface area contributed by atoms with Gasteiger partial charge in [0.1, 0.15) is 11.5 Å². The van der Waals surface area contributed by atoms with E-state index < -0.39 is 28.7 Å². The van der Waals surface area contributed by atoms with Crippen LogP contribution in [0.15, 0.2) is 66.9 Å². The van der Waals surface area contributed by atoms with Crippen LogP contribution in [0.1, 0.15) is 47.9 Å². The number of fused-ring (bicyclic) bond motifs is 1. The minimum Gasteiger partial charge on any atom is -0.494 e. The van der Waals surface area contributed by atoms with Crippen LogP contribution in [-0.2, 0) is 28.7 Å². The Labute approximate surface area is 257 Å². The molecule has 0 fully saturated rings. The highest BCUT2D eigenvalue weighted by Gasteiger charge is 2.34. The first kappa shape index (κ1) is 32.5. The zero-order valence-corrected chi connectivity index (χ0v) is 24.4. The van der Waals surface area contributed by atoms with E-state index in [-0.39, 0.29) is 25.2 Å². The molecule has 4 rings (SSSR count). The zero-order chi connectivity index (χ0) is 31.7. The Morgan fingerprint density at radius 3 is 2.25 bits per heavy atom. The summed E-state index contributed by atoms with van der Waals surface area (Å²) < 4.78 is 52.1. The molecule has 0 spiro atoms. The lowest BCUT2D eigenvalue weighted by Crippen LogP contribution is -2.08. The number of nitrogens with zero attached hydrogens (tertiary/aromatic N) is 1. The summed E-state index contributed by atoms with van der Waals surface area (Å²) in [6, 6.07) is 16.7. The lowest BCUT2D eigenvalue weighted by atomic mass is 10.0. The van der Waals surface area contributed by atoms with Crippen molar-refractivity contribution in [2.45, 2.75) is 44.8 Å². The molecule has 0 radical (unpaired) electrons. The largest absolute Gasteiger partial charge is 0.494 e. The van der Waals surface area contributed by atoms with Crippen molar-refractivity contribution in [2.75, 3.05) is 13.2 Å². The van der Waals surface area contributed by atoms with Crippen molar-refractivity contribution in [2.24, 2.45) is 0 Å². The number of aliphatic carboxylic acids is 2. The van der Waals surface area contributed by atoms with E-state index in [2.05, 4.69) is 0 Å². The Balaban J connectivity index is 1.32. The Hall–Kier alpha value is -4.44. The van der Waals surface area contributed by atoms with Crippen LogP contribution in [0.4, 0.5) is 13.2 Å². The SMILES string of the molecule is O=C(O)CCCn1cc(CC(=O)O)c2c(/C=C/c3ccc(OCCCCOc4cccc(C(F)(F)F)c4Cl)cc3)cccc21. The molecule has 0 aliphatic carbocycles. The van der Waals surface area contributed by atoms with Crippen LogP contribution in [-0.4, -0.2) is 39.9 Å². The maximum Gasteiger partial charge on any atom is 0.417 e. The van der Waals surface area contributed by atoms with Gasteiger partial charge < -0.3 is 24.3 Å². The first-order valence-corrected chi connectivity index (χ1v) is 14.3. The predicted octanol–water partition coefficient (Wildman–Crippen LogP) is 8.21. The van der Waals surface area contributed by atoms with Crippen LogP contribution in [0, 0.1) is 0 Å². The lowest BCUT2D eigenvalue weighted by Gasteiger charge is -2.13. The van der Waals surface area contributed by atoms with E-state index in [1.165, 1.54) is 12.1 Å². The quantitative estimate of drug-likeness (QED) is 0.102. The van der Waals surface area contributed by atoms with Gasteiger partial charge in [0, 0.05) is 30.1 Å². The molecule has 2 N–H and O–H groups in total. The number of unbranched alkanes of at least 4 members (excludes halogenated alkanes) is 1. The molecule has 4 aromatic rings. The first-order valence-electron chi connectivity index (χ1n) is 14.0. The first-order chi connectivity index (χ1) is 21.0. The molecular formula is C33H31ClF3NO6. The molecule has 0 atom stereocenters. The van der Waals surface area contributed by atoms with Crippen molar-refractivity contribution in [1.29, 1.82) is 0 Å². The minimum atomic E-state index is -4.55. The van der Waals surface area contributed by atoms with Crippen LogP contribution >= 0.6 is 11.6 Å². The number of rotatable bonds is 15. The summed E-state index contributed by atoms with van der Waals surface area (Å²) >= 11 is 5.85. The molecule has 44 heavy (non-hydrogen) atoms. The average molecular weight is 630 g/mol. The molecular weight excluding hydrogens is 599 g/mol. The van der Waals surface area contributed by atoms with E-state index in [4.69, 9.17) is 26.2 Å². The van der Waals surface area contributed by atoms with Crippen molar-refractivity contribution >= 4 is 46.6 Å². The molecule has 232 valence electrons. The van der Waals surface area contributed by atoms with E-state index in [0.717, 1.165) is 28.1 Å². The third-order valence-corrected chi connectivity index (χ3v) is 7.21. The number of hydrogen-bond donors (Lipinski definition) is 2. The monoisotopic (exact) mass is 629 g/mol. The summed E-state index contributed by atoms with van der Waals surface area (Å²) in [6.07, 6.45) is 2.57. The van der Waals surface area contributed by atoms with Crippen molar-refractivity contribution in [3.05, 3.63) is 94.1 Å². The highest BCUT2D eigenvalue weighted by molar-refractivity contribution is 6.32. The maximum atomic E-state index is 13.0. The summed E-state index contributed by atoms with van der Waals surface area (Å²) in [5, 5.41) is 18.8. The molecule has 0 aliphatic heterocycles. The van der Waals surface area contributed by atoms with Crippen LogP contribution in [0.2, 0.25) is 5.02 Å². The molecule has 1 aromatic heterocycles. The number of carboxylic acids is 2. The molecule has 3 aromatic carbocycles. The molecule has 0 bridgehead atoms. The number of alkyl halides is 3. The molecule has 0 saturated carbocycles. The number of benzene rings is 3. The molecule has 0 unspecified atom stereocenters. The van der Waals surface area contributed by atoms with E-state index in [0.29, 0.717) is 43.7 Å². The normalized spacial score (nSPS) is 11.7. The van der Waals surface area contributed by atoms with Gasteiger partial charge >= 0.3 is 18.1 Å². The Bertz CT molecular complexity index is 1630. The van der Waals surface area contributed by atoms with Crippen molar-refractivity contribution in [1.82, 2.24) is 4.57 Å². The van der Waals surface area contributed by atoms with Gasteiger partial charge in [0.2, 0.25) is 0 Å². The molecule has 11 heteroatoms. The van der Waals surface area contributed by atoms with Crippen molar-refractivity contribution < 1.29 is 42.4 Å². The fourth-order valence-corrected chi connectivity index (χ4v) is 5.06. The van der Waals surface area contributed by atoms with Gasteiger partial charge in [-0.25, -0.2) is 0 Å². The summed E-state index contributed by atoms with van der Waals surface area (Å²) in [4.78, 5) is 22.5. The second-order valence-electron chi connectivity index (χ2n) is 10.1. The highest BCUT2D eigenvalue weighted by atomic mass is 35.5. The Kier molecular flexibility index (Phi) is 10.9. The minimum absolute atomic E-state index is 0.00583. The van der Waals surface area contributed by atoms with Crippen molar-refractivity contribution in [3.63, 3.8) is 0 Å². The van der Waals surface area contributed by atoms with Gasteiger partial charge in [0.05, 0.1) is 30.2 Å². The fraction of sp³-hybridized carbons (Fsp3) is 0.273. The predicted molar refractivity (Wildman–Crippen MR) is 162 cm³/mol. The number of ether oxygens (including phenoxy) is 2. The van der Waals surface area contributed by atoms with Crippen LogP contribution in [0.5, 0.6) is 11.5 Å². The van der Waals surface area contributed by atoms with Gasteiger partial charge in [-0.05, 0) is 66.3 Å². The van der Waals surface area contributed by atoms with E-state index >= 15 is 0 Å². The molecule has 1 heterocycles. The standard InChI is InChI=1S/C33H31ClF3NO6/c34-32-26(33(35,36)37)7-4-9-28(32)44-19-2-1-18-43-25-15-12-22(13-16-25)11-14-23-6-3-8-27-31(23)24(20-30(41)42)21-38(27)17-5-10-29(39)40/h3-4,6-9,11-16,21H,1-2,5,10,17-20H2,(H,39,40)(H,41,42)/b14-11+. The number of aryl methyl sites for hydroxylation is 1. The van der Waals surface area contributed by atoms with Crippen LogP contribution < -0.4 is 9.47 Å². The average Bonchev–Trinajstić information content (AvgIpc) is 3.31. The maximum absolute atomic E-state index is 13.0. The number of aromatic nitrogens is 1. The van der Waals surface area contributed by atoms with E-state index in [1.54, 1.807) is 6.20 Å². The molecule has 0 saturated heterocycles. The van der Waals surface area contributed by atoms with Gasteiger partial charge in [-0.3, -0.25) is 9.59 Å². The van der Waals surface area contributed by atoms with Gasteiger partial charge in [-0.1, -0.05) is 54.1 Å². The topological polar surface area (TPSA) is 98.0 Å². The van der Waals surface area contributed by atoms with E-state index in [1.807, 2.05) is 59.2 Å². The summed E-state index contributed by atoms with van der Waals surface area (Å²) in [5.41, 5.74) is 2.34. The van der Waals surface area contributed by atoms with Crippen LogP contribution in [0.25, 0.3) is 23.1 Å². The third-order valence-electron chi connectivity index (χ3n) is 6.82. The second-order valence-corrected chi connectivity index (χ2v) is 10.5. The smallest absolute Gasteiger partial charge is 0.417 e. The number of carboxylic acid groups (broad SMARTS) is 2. The summed E-state index contributed by atoms with van der Waals surface area (Å²) in [5.74, 6) is -1.17. The Morgan fingerprint density at radius 2 is 1.57 bits per heavy atom. The van der Waals surface area contributed by atoms with E-state index in [9.17, 15) is 27.9 Å². The Morgan fingerprint density at radius 1 is 0.864 bits per heavy atom.